The van der Waals surface area contributed by atoms with Crippen LogP contribution in [0.5, 0.6) is 0 Å². The summed E-state index contributed by atoms with van der Waals surface area (Å²) in [5.74, 6) is -2.28. The van der Waals surface area contributed by atoms with E-state index >= 15 is 0 Å². The molecule has 0 N–H and O–H groups in total. The van der Waals surface area contributed by atoms with Crippen LogP contribution in [-0.2, 0) is 33.3 Å². The van der Waals surface area contributed by atoms with E-state index in [0.717, 1.165) is 96.3 Å². The first-order valence-corrected chi connectivity index (χ1v) is 38.7. The molecule has 0 saturated carbocycles. The Morgan fingerprint density at radius 2 is 0.613 bits per heavy atom. The van der Waals surface area contributed by atoms with Crippen molar-refractivity contribution in [2.75, 3.05) is 47.5 Å². The summed E-state index contributed by atoms with van der Waals surface area (Å²) in [5, 5.41) is 11.9. The van der Waals surface area contributed by atoms with Gasteiger partial charge in [0.25, 0.3) is 0 Å². The van der Waals surface area contributed by atoms with Gasteiger partial charge in [-0.2, -0.15) is 0 Å². The number of esters is 2. The van der Waals surface area contributed by atoms with Gasteiger partial charge in [-0.15, -0.1) is 0 Å². The van der Waals surface area contributed by atoms with Gasteiger partial charge in [-0.05, 0) is 109 Å². The van der Waals surface area contributed by atoms with E-state index in [0.29, 0.717) is 17.4 Å². The Hall–Kier alpha value is -4.31. The molecule has 0 bridgehead atoms. The zero-order valence-corrected chi connectivity index (χ0v) is 61.1. The van der Waals surface area contributed by atoms with Crippen molar-refractivity contribution in [1.82, 2.24) is 0 Å². The summed E-state index contributed by atoms with van der Waals surface area (Å²) in [7, 11) is 5.94. The molecule has 0 fully saturated rings. The SMILES string of the molecule is CC/C=C\C/C=C\C/C=C\C/C=C\C/C=C\C/C=C\C/C=C\CCCCCCCCCCCCCCCC(=O)OC(COC(=O)CCCCCCCCCCCCCCCCCCCC/C=C\C/C=C\C/C=C\CCCCCCC)COC(OCC[N+](C)(C)C)C(=O)[O-]. The predicted octanol–water partition coefficient (Wildman–Crippen LogP) is 23.4. The maximum Gasteiger partial charge on any atom is 0.306 e. The van der Waals surface area contributed by atoms with Gasteiger partial charge in [0.15, 0.2) is 12.4 Å². The largest absolute Gasteiger partial charge is 0.545 e. The molecule has 0 amide bonds. The van der Waals surface area contributed by atoms with Crippen molar-refractivity contribution in [3.8, 4) is 0 Å². The summed E-state index contributed by atoms with van der Waals surface area (Å²) >= 11 is 0. The average Bonchev–Trinajstić information content (AvgIpc) is 3.74. The maximum atomic E-state index is 13.0. The summed E-state index contributed by atoms with van der Waals surface area (Å²) < 4.78 is 22.9. The first kappa shape index (κ1) is 88.7. The van der Waals surface area contributed by atoms with Gasteiger partial charge in [-0.3, -0.25) is 9.59 Å². The normalized spacial score (nSPS) is 13.3. The van der Waals surface area contributed by atoms with Crippen LogP contribution in [0.15, 0.2) is 122 Å². The smallest absolute Gasteiger partial charge is 0.306 e. The van der Waals surface area contributed by atoms with E-state index in [9.17, 15) is 19.5 Å². The van der Waals surface area contributed by atoms with Crippen LogP contribution in [-0.4, -0.2) is 82.3 Å². The van der Waals surface area contributed by atoms with Gasteiger partial charge in [0.1, 0.15) is 13.2 Å². The average molecular weight is 1300 g/mol. The molecule has 0 aliphatic heterocycles. The Morgan fingerprint density at radius 3 is 0.914 bits per heavy atom. The molecule has 0 rings (SSSR count). The van der Waals surface area contributed by atoms with Gasteiger partial charge in [-0.1, -0.05) is 334 Å². The molecule has 9 nitrogen and oxygen atoms in total. The zero-order chi connectivity index (χ0) is 67.5. The van der Waals surface area contributed by atoms with E-state index in [2.05, 4.69) is 135 Å². The highest BCUT2D eigenvalue weighted by molar-refractivity contribution is 5.70. The Morgan fingerprint density at radius 1 is 0.333 bits per heavy atom. The fourth-order valence-electron chi connectivity index (χ4n) is 10.8. The number of ether oxygens (including phenoxy) is 4. The van der Waals surface area contributed by atoms with Gasteiger partial charge in [0, 0.05) is 12.8 Å². The highest BCUT2D eigenvalue weighted by atomic mass is 16.7. The molecule has 0 aliphatic carbocycles. The van der Waals surface area contributed by atoms with E-state index in [4.69, 9.17) is 18.9 Å². The number of nitrogens with zero attached hydrogens (tertiary/aromatic N) is 1. The minimum atomic E-state index is -1.63. The third-order valence-corrected chi connectivity index (χ3v) is 16.7. The second-order valence-electron chi connectivity index (χ2n) is 26.9. The summed E-state index contributed by atoms with van der Waals surface area (Å²) in [6.07, 6.45) is 102. The van der Waals surface area contributed by atoms with Crippen LogP contribution >= 0.6 is 0 Å². The molecule has 0 radical (unpaired) electrons. The summed E-state index contributed by atoms with van der Waals surface area (Å²) in [6.45, 7) is 4.65. The first-order valence-electron chi connectivity index (χ1n) is 38.7. The highest BCUT2D eigenvalue weighted by Gasteiger charge is 2.22. The lowest BCUT2D eigenvalue weighted by Crippen LogP contribution is -2.44. The minimum Gasteiger partial charge on any atom is -0.545 e. The van der Waals surface area contributed by atoms with Crippen molar-refractivity contribution < 1.29 is 42.9 Å². The summed E-state index contributed by atoms with van der Waals surface area (Å²) in [5.41, 5.74) is 0. The monoisotopic (exact) mass is 1300 g/mol. The predicted molar refractivity (Wildman–Crippen MR) is 398 cm³/mol. The third-order valence-electron chi connectivity index (χ3n) is 16.7. The number of rotatable bonds is 71. The number of hydrogen-bond donors (Lipinski definition) is 0. The standard InChI is InChI=1S/C84H145NO8/c1-6-8-10-12-14-16-18-20-22-24-26-28-30-32-34-36-38-40-41-43-45-47-49-51-53-55-57-59-61-63-65-67-69-71-73-75-82(87)93-80(79-92-84(83(88)89)90-77-76-85(3,4)5)78-91-81(86)74-72-70-68-66-64-62-60-58-56-54-52-50-48-46-44-42-39-37-35-33-31-29-27-25-23-21-19-17-15-13-11-9-7-2/h8,10,14,16,19-22,25-28,31-34,38,40,43,45,80,84H,6-7,9,11-13,15,17-18,23-24,29-30,35-37,39,41-42,44,46-79H2,1-5H3/b10-8-,16-14-,21-19-,22-20-,27-25-,28-26-,33-31-,34-32-,40-38-,45-43-. The van der Waals surface area contributed by atoms with Crippen LogP contribution in [0.2, 0.25) is 0 Å². The van der Waals surface area contributed by atoms with Crippen LogP contribution < -0.4 is 5.11 Å². The van der Waals surface area contributed by atoms with Gasteiger partial charge in [0.05, 0.1) is 40.3 Å². The number of allylic oxidation sites excluding steroid dienone is 20. The van der Waals surface area contributed by atoms with Crippen molar-refractivity contribution in [2.45, 2.75) is 347 Å². The number of aliphatic carboxylic acids is 1. The molecule has 0 spiro atoms. The quantitative estimate of drug-likeness (QED) is 0.0195. The van der Waals surface area contributed by atoms with Crippen molar-refractivity contribution >= 4 is 17.9 Å². The molecular weight excluding hydrogens is 1150 g/mol. The van der Waals surface area contributed by atoms with E-state index in [1.54, 1.807) is 0 Å². The van der Waals surface area contributed by atoms with Crippen molar-refractivity contribution in [2.24, 2.45) is 0 Å². The lowest BCUT2D eigenvalue weighted by molar-refractivity contribution is -0.870. The number of unbranched alkanes of at least 4 members (excludes halogenated alkanes) is 36. The number of hydrogen-bond acceptors (Lipinski definition) is 8. The number of quaternary nitrogens is 1. The second kappa shape index (κ2) is 73.5. The van der Waals surface area contributed by atoms with Crippen LogP contribution in [0, 0.1) is 0 Å². The van der Waals surface area contributed by atoms with E-state index in [1.165, 1.54) is 205 Å². The summed E-state index contributed by atoms with van der Waals surface area (Å²) in [6, 6.07) is 0. The van der Waals surface area contributed by atoms with Crippen LogP contribution in [0.25, 0.3) is 0 Å². The number of carbonyl (C=O) groups is 3. The molecule has 0 aromatic carbocycles. The molecule has 0 heterocycles. The molecule has 0 aromatic rings. The molecule has 534 valence electrons. The summed E-state index contributed by atoms with van der Waals surface area (Å²) in [4.78, 5) is 37.6. The third kappa shape index (κ3) is 74.9. The number of carboxylic acid groups (broad SMARTS) is 1. The van der Waals surface area contributed by atoms with Crippen molar-refractivity contribution in [3.05, 3.63) is 122 Å². The second-order valence-corrected chi connectivity index (χ2v) is 26.9. The van der Waals surface area contributed by atoms with Crippen LogP contribution in [0.1, 0.15) is 335 Å². The maximum absolute atomic E-state index is 13.0. The number of carbonyl (C=O) groups excluding carboxylic acids is 3. The van der Waals surface area contributed by atoms with E-state index < -0.39 is 24.3 Å². The topological polar surface area (TPSA) is 111 Å². The van der Waals surface area contributed by atoms with Gasteiger partial charge in [0.2, 0.25) is 0 Å². The molecule has 93 heavy (non-hydrogen) atoms. The number of likely N-dealkylation sites (N-methyl/N-ethyl adjacent to an activating group) is 1. The van der Waals surface area contributed by atoms with E-state index in [1.807, 2.05) is 21.1 Å². The Balaban J connectivity index is 4.07. The van der Waals surface area contributed by atoms with Gasteiger partial charge >= 0.3 is 11.9 Å². The fraction of sp³-hybridized carbons (Fsp3) is 0.726. The van der Waals surface area contributed by atoms with Crippen LogP contribution in [0.4, 0.5) is 0 Å². The first-order chi connectivity index (χ1) is 45.6. The van der Waals surface area contributed by atoms with Crippen LogP contribution in [0.3, 0.4) is 0 Å². The Kier molecular flexibility index (Phi) is 70.1. The van der Waals surface area contributed by atoms with Crippen molar-refractivity contribution in [1.29, 1.82) is 0 Å². The molecule has 2 unspecified atom stereocenters. The van der Waals surface area contributed by atoms with Gasteiger partial charge in [-0.25, -0.2) is 0 Å². The van der Waals surface area contributed by atoms with Crippen molar-refractivity contribution in [3.63, 3.8) is 0 Å². The lowest BCUT2D eigenvalue weighted by Gasteiger charge is -2.26. The molecule has 9 heteroatoms. The Bertz CT molecular complexity index is 1950. The number of carboxylic acids is 1. The molecule has 0 aromatic heterocycles. The molecule has 2 atom stereocenters. The van der Waals surface area contributed by atoms with E-state index in [-0.39, 0.29) is 38.6 Å². The minimum absolute atomic E-state index is 0.144. The highest BCUT2D eigenvalue weighted by Crippen LogP contribution is 2.18. The fourth-order valence-corrected chi connectivity index (χ4v) is 10.8. The molecule has 0 aliphatic rings. The Labute approximate surface area is 574 Å². The molecule has 0 saturated heterocycles. The zero-order valence-electron chi connectivity index (χ0n) is 61.1. The van der Waals surface area contributed by atoms with Gasteiger partial charge < -0.3 is 33.3 Å². The molecular formula is C84H145NO8. The lowest BCUT2D eigenvalue weighted by atomic mass is 10.0.